The summed E-state index contributed by atoms with van der Waals surface area (Å²) in [6.45, 7) is 0.455. The number of methoxy groups -OCH3 is 2. The molecule has 0 bridgehead atoms. The summed E-state index contributed by atoms with van der Waals surface area (Å²) in [5, 5.41) is 0. The highest BCUT2D eigenvalue weighted by Gasteiger charge is 2.31. The molecule has 0 spiro atoms. The molecule has 5 rings (SSSR count). The second-order valence-corrected chi connectivity index (χ2v) is 9.80. The molecule has 0 aliphatic rings. The van der Waals surface area contributed by atoms with E-state index in [9.17, 15) is 22.4 Å². The third-order valence-electron chi connectivity index (χ3n) is 6.94. The van der Waals surface area contributed by atoms with Crippen molar-refractivity contribution in [1.29, 1.82) is 0 Å². The molecule has 0 unspecified atom stereocenters. The molecule has 0 amide bonds. The first kappa shape index (κ1) is 30.6. The van der Waals surface area contributed by atoms with Crippen LogP contribution in [0.4, 0.5) is 22.0 Å². The molecule has 0 N–H and O–H groups in total. The quantitative estimate of drug-likeness (QED) is 0.125. The Labute approximate surface area is 248 Å². The molecule has 0 atom stereocenters. The van der Waals surface area contributed by atoms with Gasteiger partial charge in [-0.2, -0.15) is 13.2 Å². The summed E-state index contributed by atoms with van der Waals surface area (Å²) in [6.07, 6.45) is -4.50. The highest BCUT2D eigenvalue weighted by molar-refractivity contribution is 5.93. The molecular formula is C32H26F5N3O4. The number of carbonyl (C=O) groups is 1. The van der Waals surface area contributed by atoms with Crippen molar-refractivity contribution in [3.63, 3.8) is 0 Å². The molecule has 0 aliphatic heterocycles. The molecule has 0 fully saturated rings. The van der Waals surface area contributed by atoms with Crippen LogP contribution in [0, 0.1) is 11.6 Å². The maximum atomic E-state index is 15.4. The lowest BCUT2D eigenvalue weighted by Gasteiger charge is -2.12. The van der Waals surface area contributed by atoms with Gasteiger partial charge in [-0.1, -0.05) is 24.3 Å². The van der Waals surface area contributed by atoms with Gasteiger partial charge >= 0.3 is 12.1 Å². The molecule has 12 heteroatoms. The fourth-order valence-electron chi connectivity index (χ4n) is 4.65. The van der Waals surface area contributed by atoms with Crippen molar-refractivity contribution in [2.75, 3.05) is 20.8 Å². The number of pyridine rings is 1. The maximum Gasteiger partial charge on any atom is 0.416 e. The van der Waals surface area contributed by atoms with Gasteiger partial charge in [-0.25, -0.2) is 23.5 Å². The summed E-state index contributed by atoms with van der Waals surface area (Å²) in [5.41, 5.74) is 1.73. The normalized spacial score (nSPS) is 11.6. The van der Waals surface area contributed by atoms with E-state index in [0.717, 1.165) is 12.1 Å². The number of halogens is 5. The van der Waals surface area contributed by atoms with E-state index in [1.54, 1.807) is 49.6 Å². The highest BCUT2D eigenvalue weighted by Crippen LogP contribution is 2.31. The number of esters is 1. The van der Waals surface area contributed by atoms with E-state index in [-0.39, 0.29) is 24.5 Å². The highest BCUT2D eigenvalue weighted by atomic mass is 19.4. The largest absolute Gasteiger partial charge is 0.473 e. The Morgan fingerprint density at radius 2 is 1.66 bits per heavy atom. The van der Waals surface area contributed by atoms with Crippen molar-refractivity contribution in [3.8, 4) is 17.1 Å². The number of aromatic nitrogens is 3. The number of hydrogen-bond donors (Lipinski definition) is 0. The molecule has 7 nitrogen and oxygen atoms in total. The lowest BCUT2D eigenvalue weighted by atomic mass is 10.1. The number of alkyl halides is 3. The lowest BCUT2D eigenvalue weighted by Crippen LogP contribution is -2.10. The van der Waals surface area contributed by atoms with E-state index in [4.69, 9.17) is 14.2 Å². The molecule has 2 aromatic heterocycles. The maximum absolute atomic E-state index is 15.4. The van der Waals surface area contributed by atoms with Crippen LogP contribution in [0.3, 0.4) is 0 Å². The molecule has 228 valence electrons. The Balaban J connectivity index is 1.35. The van der Waals surface area contributed by atoms with Crippen LogP contribution in [0.2, 0.25) is 0 Å². The fraction of sp³-hybridized carbons (Fsp3) is 0.219. The van der Waals surface area contributed by atoms with Gasteiger partial charge in [-0.3, -0.25) is 0 Å². The van der Waals surface area contributed by atoms with Crippen LogP contribution in [0.25, 0.3) is 22.3 Å². The van der Waals surface area contributed by atoms with Crippen LogP contribution in [0.15, 0.2) is 72.8 Å². The number of fused-ring (bicyclic) bond motifs is 1. The number of hydrogen-bond acceptors (Lipinski definition) is 6. The van der Waals surface area contributed by atoms with Gasteiger partial charge in [0.1, 0.15) is 24.1 Å². The first-order valence-corrected chi connectivity index (χ1v) is 13.4. The molecule has 0 saturated carbocycles. The molecule has 44 heavy (non-hydrogen) atoms. The summed E-state index contributed by atoms with van der Waals surface area (Å²) in [7, 11) is 2.87. The Morgan fingerprint density at radius 1 is 0.886 bits per heavy atom. The van der Waals surface area contributed by atoms with Crippen molar-refractivity contribution >= 4 is 17.0 Å². The van der Waals surface area contributed by atoms with Crippen LogP contribution in [-0.4, -0.2) is 41.3 Å². The van der Waals surface area contributed by atoms with Crippen LogP contribution in [0.1, 0.15) is 32.9 Å². The minimum Gasteiger partial charge on any atom is -0.473 e. The smallest absolute Gasteiger partial charge is 0.416 e. The second-order valence-electron chi connectivity index (χ2n) is 9.80. The summed E-state index contributed by atoms with van der Waals surface area (Å²) >= 11 is 0. The molecule has 3 aromatic carbocycles. The van der Waals surface area contributed by atoms with E-state index >= 15 is 4.39 Å². The van der Waals surface area contributed by atoms with Crippen molar-refractivity contribution in [1.82, 2.24) is 14.5 Å². The zero-order valence-electron chi connectivity index (χ0n) is 23.6. The van der Waals surface area contributed by atoms with E-state index < -0.39 is 29.3 Å². The van der Waals surface area contributed by atoms with Crippen molar-refractivity contribution in [3.05, 3.63) is 113 Å². The Kier molecular flexibility index (Phi) is 8.91. The Hall–Kier alpha value is -4.84. The topological polar surface area (TPSA) is 75.5 Å². The third-order valence-corrected chi connectivity index (χ3v) is 6.94. The lowest BCUT2D eigenvalue weighted by molar-refractivity contribution is -0.137. The van der Waals surface area contributed by atoms with Gasteiger partial charge in [-0.15, -0.1) is 0 Å². The summed E-state index contributed by atoms with van der Waals surface area (Å²) < 4.78 is 85.5. The molecular weight excluding hydrogens is 585 g/mol. The van der Waals surface area contributed by atoms with Gasteiger partial charge in [0.15, 0.2) is 0 Å². The first-order valence-electron chi connectivity index (χ1n) is 13.4. The van der Waals surface area contributed by atoms with Crippen molar-refractivity contribution in [2.45, 2.75) is 25.7 Å². The number of rotatable bonds is 10. The van der Waals surface area contributed by atoms with Crippen LogP contribution >= 0.6 is 0 Å². The third kappa shape index (κ3) is 6.70. The summed E-state index contributed by atoms with van der Waals surface area (Å²) in [6, 6.07) is 16.6. The minimum atomic E-state index is -4.66. The average Bonchev–Trinajstić information content (AvgIpc) is 3.35. The van der Waals surface area contributed by atoms with Gasteiger partial charge in [0, 0.05) is 37.3 Å². The fourth-order valence-corrected chi connectivity index (χ4v) is 4.65. The average molecular weight is 612 g/mol. The summed E-state index contributed by atoms with van der Waals surface area (Å²) in [4.78, 5) is 21.1. The van der Waals surface area contributed by atoms with Crippen molar-refractivity contribution in [2.24, 2.45) is 0 Å². The van der Waals surface area contributed by atoms with Gasteiger partial charge < -0.3 is 18.8 Å². The molecule has 5 aromatic rings. The van der Waals surface area contributed by atoms with E-state index in [1.165, 1.54) is 19.2 Å². The second kappa shape index (κ2) is 12.8. The predicted molar refractivity (Wildman–Crippen MR) is 151 cm³/mol. The zero-order chi connectivity index (χ0) is 31.4. The van der Waals surface area contributed by atoms with Gasteiger partial charge in [0.05, 0.1) is 41.6 Å². The summed E-state index contributed by atoms with van der Waals surface area (Å²) in [5.74, 6) is -1.36. The van der Waals surface area contributed by atoms with Crippen LogP contribution in [-0.2, 0) is 35.2 Å². The number of nitrogens with zero attached hydrogens (tertiary/aromatic N) is 3. The monoisotopic (exact) mass is 611 g/mol. The number of benzene rings is 3. The van der Waals surface area contributed by atoms with Gasteiger partial charge in [0.25, 0.3) is 0 Å². The number of carbonyl (C=O) groups excluding carboxylic acids is 1. The van der Waals surface area contributed by atoms with Crippen LogP contribution in [0.5, 0.6) is 5.88 Å². The molecule has 0 radical (unpaired) electrons. The molecule has 0 aliphatic carbocycles. The van der Waals surface area contributed by atoms with E-state index in [1.807, 2.05) is 4.57 Å². The molecule has 2 heterocycles. The standard InChI is InChI=1S/C32H26F5N3O4/c1-42-13-12-40-28-15-21(31(41)43-2)9-11-27(28)38-29(40)16-19-6-7-20(14-24(19)33)26-4-3-5-30(39-26)44-18-22-8-10-23(17-25(22)34)32(35,36)37/h3-11,14-15,17H,12-13,16,18H2,1-2H3. The molecule has 0 saturated heterocycles. The zero-order valence-corrected chi connectivity index (χ0v) is 23.6. The Bertz CT molecular complexity index is 1820. The predicted octanol–water partition coefficient (Wildman–Crippen LogP) is 7.00. The SMILES string of the molecule is COCCn1c(Cc2ccc(-c3cccc(OCc4ccc(C(F)(F)F)cc4F)n3)cc2F)nc2ccc(C(=O)OC)cc21. The number of imidazole rings is 1. The van der Waals surface area contributed by atoms with Crippen LogP contribution < -0.4 is 4.74 Å². The van der Waals surface area contributed by atoms with E-state index in [2.05, 4.69) is 9.97 Å². The minimum absolute atomic E-state index is 0.0707. The van der Waals surface area contributed by atoms with E-state index in [0.29, 0.717) is 58.5 Å². The van der Waals surface area contributed by atoms with Gasteiger partial charge in [0.2, 0.25) is 5.88 Å². The van der Waals surface area contributed by atoms with Crippen molar-refractivity contribution < 1.29 is 41.0 Å². The Morgan fingerprint density at radius 3 is 2.36 bits per heavy atom. The number of ether oxygens (including phenoxy) is 3. The van der Waals surface area contributed by atoms with Gasteiger partial charge in [-0.05, 0) is 48.0 Å². The first-order chi connectivity index (χ1) is 21.1.